The molecule has 0 saturated carbocycles. The first-order valence-corrected chi connectivity index (χ1v) is 18.6. The van der Waals surface area contributed by atoms with Crippen LogP contribution in [0.5, 0.6) is 0 Å². The van der Waals surface area contributed by atoms with Gasteiger partial charge in [0.05, 0.1) is 16.1 Å². The lowest BCUT2D eigenvalue weighted by atomic mass is 9.88. The molecule has 0 N–H and O–H groups in total. The Hall–Kier alpha value is -6.48. The number of fused-ring (bicyclic) bond motifs is 5. The molecule has 0 spiro atoms. The third-order valence-corrected chi connectivity index (χ3v) is 11.5. The van der Waals surface area contributed by atoms with E-state index < -0.39 is 0 Å². The van der Waals surface area contributed by atoms with Gasteiger partial charge in [-0.25, -0.2) is 0 Å². The smallest absolute Gasteiger partial charge is 0.0640 e. The Bertz CT molecular complexity index is 2890. The van der Waals surface area contributed by atoms with Gasteiger partial charge in [-0.3, -0.25) is 0 Å². The SMILES string of the molecule is c1ccc(-c2cc(N(c3ccc(-c4ccc5ccccc5c4)cc3)c3cccc4c3sc3ccccc34)c3ccccc3c2-c2ccccc2)cc1. The zero-order valence-electron chi connectivity index (χ0n) is 28.4. The Morgan fingerprint density at radius 2 is 0.962 bits per heavy atom. The van der Waals surface area contributed by atoms with Crippen molar-refractivity contribution in [1.29, 1.82) is 0 Å². The van der Waals surface area contributed by atoms with E-state index in [4.69, 9.17) is 0 Å². The summed E-state index contributed by atoms with van der Waals surface area (Å²) in [7, 11) is 0. The summed E-state index contributed by atoms with van der Waals surface area (Å²) >= 11 is 1.87. The van der Waals surface area contributed by atoms with Gasteiger partial charge in [0.2, 0.25) is 0 Å². The molecule has 10 aromatic rings. The molecule has 0 aliphatic rings. The molecule has 0 saturated heterocycles. The van der Waals surface area contributed by atoms with Crippen LogP contribution in [0.3, 0.4) is 0 Å². The van der Waals surface area contributed by atoms with Gasteiger partial charge in [-0.15, -0.1) is 11.3 Å². The van der Waals surface area contributed by atoms with Crippen molar-refractivity contribution in [3.8, 4) is 33.4 Å². The van der Waals surface area contributed by atoms with Gasteiger partial charge in [0.25, 0.3) is 0 Å². The molecule has 0 radical (unpaired) electrons. The second-order valence-electron chi connectivity index (χ2n) is 13.3. The lowest BCUT2D eigenvalue weighted by molar-refractivity contribution is 1.32. The summed E-state index contributed by atoms with van der Waals surface area (Å²) in [6.07, 6.45) is 0. The Kier molecular flexibility index (Phi) is 7.41. The van der Waals surface area contributed by atoms with Crippen LogP contribution >= 0.6 is 11.3 Å². The molecule has 9 aromatic carbocycles. The zero-order chi connectivity index (χ0) is 34.4. The molecule has 1 aromatic heterocycles. The average Bonchev–Trinajstić information content (AvgIpc) is 3.61. The van der Waals surface area contributed by atoms with E-state index in [0.717, 1.165) is 11.4 Å². The summed E-state index contributed by atoms with van der Waals surface area (Å²) in [6.45, 7) is 0. The van der Waals surface area contributed by atoms with Gasteiger partial charge in [-0.1, -0.05) is 164 Å². The molecule has 0 amide bonds. The van der Waals surface area contributed by atoms with Crippen molar-refractivity contribution in [2.75, 3.05) is 4.90 Å². The van der Waals surface area contributed by atoms with Gasteiger partial charge in [0, 0.05) is 26.5 Å². The molecule has 0 bridgehead atoms. The molecule has 0 unspecified atom stereocenters. The lowest BCUT2D eigenvalue weighted by Gasteiger charge is -2.29. The van der Waals surface area contributed by atoms with E-state index in [1.165, 1.54) is 80.8 Å². The predicted molar refractivity (Wildman–Crippen MR) is 225 cm³/mol. The van der Waals surface area contributed by atoms with Gasteiger partial charge < -0.3 is 4.90 Å². The number of benzene rings is 9. The largest absolute Gasteiger partial charge is 0.308 e. The molecule has 1 heterocycles. The third kappa shape index (κ3) is 5.16. The van der Waals surface area contributed by atoms with Gasteiger partial charge >= 0.3 is 0 Å². The second kappa shape index (κ2) is 12.7. The first-order valence-electron chi connectivity index (χ1n) is 17.8. The van der Waals surface area contributed by atoms with E-state index in [1.54, 1.807) is 0 Å². The minimum Gasteiger partial charge on any atom is -0.308 e. The molecule has 52 heavy (non-hydrogen) atoms. The maximum Gasteiger partial charge on any atom is 0.0640 e. The van der Waals surface area contributed by atoms with E-state index in [1.807, 2.05) is 11.3 Å². The van der Waals surface area contributed by atoms with Crippen molar-refractivity contribution in [2.45, 2.75) is 0 Å². The molecule has 1 nitrogen and oxygen atoms in total. The van der Waals surface area contributed by atoms with Crippen LogP contribution in [0.2, 0.25) is 0 Å². The number of hydrogen-bond acceptors (Lipinski definition) is 2. The van der Waals surface area contributed by atoms with E-state index >= 15 is 0 Å². The summed E-state index contributed by atoms with van der Waals surface area (Å²) in [4.78, 5) is 2.49. The van der Waals surface area contributed by atoms with Crippen LogP contribution in [0, 0.1) is 0 Å². The Morgan fingerprint density at radius 1 is 0.346 bits per heavy atom. The van der Waals surface area contributed by atoms with Gasteiger partial charge in [-0.2, -0.15) is 0 Å². The molecule has 0 aliphatic heterocycles. The fraction of sp³-hybridized carbons (Fsp3) is 0. The standard InChI is InChI=1S/C50H33NS/c1-3-15-36(16-4-1)45-33-47(41-20-9-10-22-43(41)49(45)37-17-5-2-6-18-37)51(46-24-13-23-44-42-21-11-12-25-48(42)52-50(44)46)40-30-28-35(29-31-40)39-27-26-34-14-7-8-19-38(34)32-39/h1-33H. The van der Waals surface area contributed by atoms with Crippen LogP contribution < -0.4 is 4.90 Å². The summed E-state index contributed by atoms with van der Waals surface area (Å²) < 4.78 is 2.57. The van der Waals surface area contributed by atoms with Gasteiger partial charge in [-0.05, 0) is 85.9 Å². The molecule has 10 rings (SSSR count). The molecule has 0 atom stereocenters. The first kappa shape index (κ1) is 30.4. The predicted octanol–water partition coefficient (Wildman–Crippen LogP) is 14.8. The molecule has 244 valence electrons. The zero-order valence-corrected chi connectivity index (χ0v) is 29.2. The highest BCUT2D eigenvalue weighted by Gasteiger charge is 2.23. The number of thiophene rings is 1. The van der Waals surface area contributed by atoms with Crippen LogP contribution in [0.4, 0.5) is 17.1 Å². The highest BCUT2D eigenvalue weighted by atomic mass is 32.1. The fourth-order valence-corrected chi connectivity index (χ4v) is 9.00. The lowest BCUT2D eigenvalue weighted by Crippen LogP contribution is -2.11. The number of hydrogen-bond donors (Lipinski definition) is 0. The molecular weight excluding hydrogens is 647 g/mol. The number of anilines is 3. The molecular formula is C50H33NS. The molecule has 0 fully saturated rings. The minimum atomic E-state index is 1.12. The van der Waals surface area contributed by atoms with Crippen LogP contribution in [-0.2, 0) is 0 Å². The number of rotatable bonds is 6. The van der Waals surface area contributed by atoms with E-state index in [-0.39, 0.29) is 0 Å². The second-order valence-corrected chi connectivity index (χ2v) is 14.3. The van der Waals surface area contributed by atoms with Crippen molar-refractivity contribution in [1.82, 2.24) is 0 Å². The summed E-state index contributed by atoms with van der Waals surface area (Å²) in [5.74, 6) is 0. The van der Waals surface area contributed by atoms with Crippen molar-refractivity contribution in [2.24, 2.45) is 0 Å². The number of nitrogens with zero attached hydrogens (tertiary/aromatic N) is 1. The van der Waals surface area contributed by atoms with E-state index in [9.17, 15) is 0 Å². The van der Waals surface area contributed by atoms with Crippen LogP contribution in [0.25, 0.3) is 75.1 Å². The monoisotopic (exact) mass is 679 g/mol. The highest BCUT2D eigenvalue weighted by molar-refractivity contribution is 7.26. The van der Waals surface area contributed by atoms with E-state index in [2.05, 4.69) is 205 Å². The normalized spacial score (nSPS) is 11.5. The first-order chi connectivity index (χ1) is 25.8. The molecule has 2 heteroatoms. The van der Waals surface area contributed by atoms with Crippen molar-refractivity contribution < 1.29 is 0 Å². The summed E-state index contributed by atoms with van der Waals surface area (Å²) in [5.41, 5.74) is 10.7. The Balaban J connectivity index is 1.25. The third-order valence-electron chi connectivity index (χ3n) is 10.2. The minimum absolute atomic E-state index is 1.12. The topological polar surface area (TPSA) is 3.24 Å². The van der Waals surface area contributed by atoms with Gasteiger partial charge in [0.1, 0.15) is 0 Å². The maximum absolute atomic E-state index is 2.49. The van der Waals surface area contributed by atoms with E-state index in [0.29, 0.717) is 0 Å². The van der Waals surface area contributed by atoms with Crippen molar-refractivity contribution in [3.63, 3.8) is 0 Å². The van der Waals surface area contributed by atoms with Crippen LogP contribution in [0.15, 0.2) is 200 Å². The Morgan fingerprint density at radius 3 is 1.75 bits per heavy atom. The Labute approximate surface area is 307 Å². The van der Waals surface area contributed by atoms with Crippen molar-refractivity contribution >= 4 is 70.1 Å². The quantitative estimate of drug-likeness (QED) is 0.169. The van der Waals surface area contributed by atoms with Crippen LogP contribution in [0.1, 0.15) is 0 Å². The van der Waals surface area contributed by atoms with Gasteiger partial charge in [0.15, 0.2) is 0 Å². The maximum atomic E-state index is 2.49. The fourth-order valence-electron chi connectivity index (χ4n) is 7.79. The summed E-state index contributed by atoms with van der Waals surface area (Å²) in [5, 5.41) is 7.52. The van der Waals surface area contributed by atoms with Crippen molar-refractivity contribution in [3.05, 3.63) is 200 Å². The summed E-state index contributed by atoms with van der Waals surface area (Å²) in [6, 6.07) is 73.0. The molecule has 0 aliphatic carbocycles. The average molecular weight is 680 g/mol. The highest BCUT2D eigenvalue weighted by Crippen LogP contribution is 2.50. The van der Waals surface area contributed by atoms with Crippen LogP contribution in [-0.4, -0.2) is 0 Å².